The van der Waals surface area contributed by atoms with Crippen molar-refractivity contribution in [1.29, 1.82) is 0 Å². The average Bonchev–Trinajstić information content (AvgIpc) is 3.05. The van der Waals surface area contributed by atoms with Gasteiger partial charge in [-0.2, -0.15) is 0 Å². The summed E-state index contributed by atoms with van der Waals surface area (Å²) in [5, 5.41) is 3.36. The van der Waals surface area contributed by atoms with E-state index in [1.54, 1.807) is 12.3 Å². The fraction of sp³-hybridized carbons (Fsp3) is 0.500. The molecule has 1 aromatic carbocycles. The fourth-order valence-corrected chi connectivity index (χ4v) is 2.63. The number of hydrogen-bond donors (Lipinski definition) is 1. The number of benzene rings is 1. The van der Waals surface area contributed by atoms with Crippen LogP contribution in [0.25, 0.3) is 0 Å². The molecule has 1 fully saturated rings. The zero-order valence-electron chi connectivity index (χ0n) is 12.3. The zero-order chi connectivity index (χ0) is 14.9. The minimum absolute atomic E-state index is 0.215. The van der Waals surface area contributed by atoms with Crippen molar-refractivity contribution < 1.29 is 18.6 Å². The van der Waals surface area contributed by atoms with E-state index in [1.165, 1.54) is 6.07 Å². The van der Waals surface area contributed by atoms with Gasteiger partial charge in [-0.1, -0.05) is 0 Å². The second kappa shape index (κ2) is 5.56. The van der Waals surface area contributed by atoms with Crippen molar-refractivity contribution in [3.05, 3.63) is 41.6 Å². The third-order valence-corrected chi connectivity index (χ3v) is 3.59. The largest absolute Gasteiger partial charge is 0.485 e. The molecule has 114 valence electrons. The minimum atomic E-state index is -0.653. The first-order valence-corrected chi connectivity index (χ1v) is 7.24. The first-order valence-electron chi connectivity index (χ1n) is 7.24. The second-order valence-electron chi connectivity index (χ2n) is 5.86. The predicted octanol–water partition coefficient (Wildman–Crippen LogP) is 3.25. The lowest BCUT2D eigenvalue weighted by Gasteiger charge is -2.18. The van der Waals surface area contributed by atoms with Crippen molar-refractivity contribution in [3.8, 4) is 5.75 Å². The van der Waals surface area contributed by atoms with Crippen molar-refractivity contribution in [1.82, 2.24) is 5.32 Å². The number of nitrogens with one attached hydrogen (secondary N) is 1. The Kier molecular flexibility index (Phi) is 3.76. The molecule has 1 saturated heterocycles. The fourth-order valence-electron chi connectivity index (χ4n) is 2.63. The van der Waals surface area contributed by atoms with E-state index in [-0.39, 0.29) is 18.5 Å². The Bertz CT molecular complexity index is 550. The van der Waals surface area contributed by atoms with Crippen LogP contribution in [0.2, 0.25) is 0 Å². The van der Waals surface area contributed by atoms with Crippen LogP contribution in [0, 0.1) is 5.82 Å². The highest BCUT2D eigenvalue weighted by molar-refractivity contribution is 5.32. The molecule has 1 atom stereocenters. The van der Waals surface area contributed by atoms with E-state index in [2.05, 4.69) is 5.32 Å². The van der Waals surface area contributed by atoms with E-state index in [4.69, 9.17) is 14.2 Å². The van der Waals surface area contributed by atoms with Crippen molar-refractivity contribution >= 4 is 0 Å². The highest BCUT2D eigenvalue weighted by atomic mass is 19.1. The summed E-state index contributed by atoms with van der Waals surface area (Å²) in [6.45, 7) is 4.85. The zero-order valence-corrected chi connectivity index (χ0v) is 12.3. The maximum Gasteiger partial charge on any atom is 0.244 e. The van der Waals surface area contributed by atoms with E-state index >= 15 is 0 Å². The van der Waals surface area contributed by atoms with Crippen LogP contribution < -0.4 is 10.1 Å². The summed E-state index contributed by atoms with van der Waals surface area (Å²) in [7, 11) is 0. The van der Waals surface area contributed by atoms with Crippen LogP contribution in [0.5, 0.6) is 5.75 Å². The van der Waals surface area contributed by atoms with Gasteiger partial charge in [-0.3, -0.25) is 0 Å². The molecule has 2 heterocycles. The van der Waals surface area contributed by atoms with Crippen LogP contribution in [0.15, 0.2) is 30.2 Å². The van der Waals surface area contributed by atoms with Gasteiger partial charge in [0.05, 0.1) is 0 Å². The van der Waals surface area contributed by atoms with Crippen LogP contribution in [0.1, 0.15) is 38.3 Å². The summed E-state index contributed by atoms with van der Waals surface area (Å²) in [5.74, 6) is 0.173. The molecule has 0 aromatic heterocycles. The summed E-state index contributed by atoms with van der Waals surface area (Å²) >= 11 is 0. The average molecular weight is 293 g/mol. The molecular formula is C16H20FNO3. The second-order valence-corrected chi connectivity index (χ2v) is 5.86. The van der Waals surface area contributed by atoms with E-state index < -0.39 is 5.79 Å². The predicted molar refractivity (Wildman–Crippen MR) is 76.2 cm³/mol. The van der Waals surface area contributed by atoms with Gasteiger partial charge in [-0.15, -0.1) is 0 Å². The molecule has 2 aliphatic heterocycles. The van der Waals surface area contributed by atoms with E-state index in [1.807, 2.05) is 19.9 Å². The van der Waals surface area contributed by atoms with Gasteiger partial charge < -0.3 is 19.5 Å². The Morgan fingerprint density at radius 1 is 1.38 bits per heavy atom. The molecule has 0 bridgehead atoms. The summed E-state index contributed by atoms with van der Waals surface area (Å²) in [6, 6.07) is 5.05. The Hall–Kier alpha value is -1.75. The number of halogens is 1. The number of ether oxygens (including phenoxy) is 3. The Labute approximate surface area is 123 Å². The van der Waals surface area contributed by atoms with Gasteiger partial charge in [-0.25, -0.2) is 4.39 Å². The van der Waals surface area contributed by atoms with Gasteiger partial charge in [0.15, 0.2) is 5.76 Å². The monoisotopic (exact) mass is 293 g/mol. The van der Waals surface area contributed by atoms with E-state index in [0.29, 0.717) is 11.5 Å². The molecule has 1 aromatic rings. The topological polar surface area (TPSA) is 39.7 Å². The van der Waals surface area contributed by atoms with Gasteiger partial charge in [-0.05, 0) is 37.1 Å². The van der Waals surface area contributed by atoms with Crippen LogP contribution in [-0.4, -0.2) is 18.9 Å². The van der Waals surface area contributed by atoms with Crippen molar-refractivity contribution in [3.63, 3.8) is 0 Å². The van der Waals surface area contributed by atoms with E-state index in [9.17, 15) is 4.39 Å². The third-order valence-electron chi connectivity index (χ3n) is 3.59. The summed E-state index contributed by atoms with van der Waals surface area (Å²) < 4.78 is 30.2. The van der Waals surface area contributed by atoms with Crippen molar-refractivity contribution in [2.24, 2.45) is 0 Å². The minimum Gasteiger partial charge on any atom is -0.485 e. The summed E-state index contributed by atoms with van der Waals surface area (Å²) in [4.78, 5) is 0. The van der Waals surface area contributed by atoms with Crippen LogP contribution in [-0.2, 0) is 9.47 Å². The summed E-state index contributed by atoms with van der Waals surface area (Å²) in [6.07, 6.45) is 3.68. The number of rotatable bonds is 4. The van der Waals surface area contributed by atoms with Gasteiger partial charge in [0.2, 0.25) is 5.79 Å². The van der Waals surface area contributed by atoms with Crippen molar-refractivity contribution in [2.45, 2.75) is 38.5 Å². The molecule has 3 rings (SSSR count). The molecule has 0 spiro atoms. The summed E-state index contributed by atoms with van der Waals surface area (Å²) in [5.41, 5.74) is 0.931. The molecule has 1 N–H and O–H groups in total. The normalized spacial score (nSPS) is 23.4. The first kappa shape index (κ1) is 14.2. The molecule has 0 unspecified atom stereocenters. The van der Waals surface area contributed by atoms with E-state index in [0.717, 1.165) is 24.9 Å². The lowest BCUT2D eigenvalue weighted by molar-refractivity contribution is -0.119. The Balaban J connectivity index is 1.65. The van der Waals surface area contributed by atoms with Gasteiger partial charge >= 0.3 is 0 Å². The van der Waals surface area contributed by atoms with Crippen LogP contribution >= 0.6 is 0 Å². The molecular weight excluding hydrogens is 273 g/mol. The maximum atomic E-state index is 13.7. The number of hydrogen-bond acceptors (Lipinski definition) is 4. The first-order chi connectivity index (χ1) is 10.0. The lowest BCUT2D eigenvalue weighted by atomic mass is 10.1. The van der Waals surface area contributed by atoms with Gasteiger partial charge in [0.1, 0.15) is 24.4 Å². The maximum absolute atomic E-state index is 13.7. The third kappa shape index (κ3) is 3.47. The lowest BCUT2D eigenvalue weighted by Crippen LogP contribution is -2.21. The Morgan fingerprint density at radius 3 is 2.90 bits per heavy atom. The van der Waals surface area contributed by atoms with Crippen molar-refractivity contribution in [2.75, 3.05) is 13.2 Å². The molecule has 0 aliphatic carbocycles. The smallest absolute Gasteiger partial charge is 0.244 e. The molecule has 0 radical (unpaired) electrons. The van der Waals surface area contributed by atoms with Crippen LogP contribution in [0.3, 0.4) is 0 Å². The molecule has 0 saturated carbocycles. The highest BCUT2D eigenvalue weighted by Gasteiger charge is 2.27. The molecule has 2 aliphatic rings. The molecule has 5 heteroatoms. The highest BCUT2D eigenvalue weighted by Crippen LogP contribution is 2.28. The van der Waals surface area contributed by atoms with Gasteiger partial charge in [0.25, 0.3) is 0 Å². The Morgan fingerprint density at radius 2 is 2.24 bits per heavy atom. The van der Waals surface area contributed by atoms with Crippen LogP contribution in [0.4, 0.5) is 4.39 Å². The quantitative estimate of drug-likeness (QED) is 0.925. The molecule has 21 heavy (non-hydrogen) atoms. The van der Waals surface area contributed by atoms with Gasteiger partial charge in [0, 0.05) is 26.0 Å². The SMILES string of the molecule is CC1(C)OC=C(COc2cc(F)cc([C@H]3CCCN3)c2)O1. The molecule has 0 amide bonds. The standard InChI is InChI=1S/C16H20FNO3/c1-16(2)20-10-14(21-16)9-19-13-7-11(6-12(17)8-13)15-4-3-5-18-15/h6-8,10,15,18H,3-5,9H2,1-2H3/t15-/m1/s1. The molecule has 4 nitrogen and oxygen atoms in total.